The first-order valence-corrected chi connectivity index (χ1v) is 10.3. The lowest BCUT2D eigenvalue weighted by Crippen LogP contribution is -2.15. The Balaban J connectivity index is 2.02. The maximum Gasteiger partial charge on any atom is 0.339 e. The van der Waals surface area contributed by atoms with Crippen LogP contribution in [0.2, 0.25) is 15.1 Å². The number of carbonyl (C=O) groups excluding carboxylic acids is 1. The van der Waals surface area contributed by atoms with Crippen LogP contribution >= 0.6 is 46.1 Å². The van der Waals surface area contributed by atoms with Gasteiger partial charge in [0, 0.05) is 11.4 Å². The van der Waals surface area contributed by atoms with Crippen LogP contribution in [0.15, 0.2) is 35.7 Å². The molecule has 2 N–H and O–H groups in total. The Kier molecular flexibility index (Phi) is 6.77. The number of aromatic carboxylic acids is 1. The molecule has 0 radical (unpaired) electrons. The SMILES string of the molecule is COc1cccc(-c2scc(NC(=O)c3c(Cl)cc(OC)c(Cl)c3Cl)c2C(=O)O)c1. The van der Waals surface area contributed by atoms with Gasteiger partial charge in [0.15, 0.2) is 0 Å². The summed E-state index contributed by atoms with van der Waals surface area (Å²) in [7, 11) is 2.91. The monoisotopic (exact) mass is 485 g/mol. The molecule has 3 aromatic rings. The van der Waals surface area contributed by atoms with Crippen LogP contribution in [0.3, 0.4) is 0 Å². The average Bonchev–Trinajstić information content (AvgIpc) is 3.14. The van der Waals surface area contributed by atoms with Crippen molar-refractivity contribution in [2.75, 3.05) is 19.5 Å². The molecule has 0 aliphatic rings. The smallest absolute Gasteiger partial charge is 0.339 e. The third kappa shape index (κ3) is 4.20. The van der Waals surface area contributed by atoms with Gasteiger partial charge in [0.1, 0.15) is 22.1 Å². The van der Waals surface area contributed by atoms with Gasteiger partial charge in [0.2, 0.25) is 0 Å². The van der Waals surface area contributed by atoms with Gasteiger partial charge >= 0.3 is 5.97 Å². The van der Waals surface area contributed by atoms with E-state index >= 15 is 0 Å². The van der Waals surface area contributed by atoms with Gasteiger partial charge in [0.25, 0.3) is 5.91 Å². The van der Waals surface area contributed by atoms with Crippen LogP contribution in [0.25, 0.3) is 10.4 Å². The topological polar surface area (TPSA) is 84.9 Å². The molecule has 0 saturated heterocycles. The number of thiophene rings is 1. The maximum atomic E-state index is 12.8. The summed E-state index contributed by atoms with van der Waals surface area (Å²) in [5, 5.41) is 13.8. The van der Waals surface area contributed by atoms with E-state index in [-0.39, 0.29) is 37.6 Å². The number of hydrogen-bond donors (Lipinski definition) is 2. The maximum absolute atomic E-state index is 12.8. The number of methoxy groups -OCH3 is 2. The van der Waals surface area contributed by atoms with Crippen LogP contribution in [0.4, 0.5) is 5.69 Å². The van der Waals surface area contributed by atoms with Crippen molar-refractivity contribution >= 4 is 63.7 Å². The Labute approximate surface area is 190 Å². The van der Waals surface area contributed by atoms with E-state index in [2.05, 4.69) is 5.32 Å². The Morgan fingerprint density at radius 1 is 1.03 bits per heavy atom. The number of hydrogen-bond acceptors (Lipinski definition) is 5. The third-order valence-electron chi connectivity index (χ3n) is 4.16. The minimum atomic E-state index is -1.20. The molecule has 3 rings (SSSR count). The summed E-state index contributed by atoms with van der Waals surface area (Å²) in [6.07, 6.45) is 0. The van der Waals surface area contributed by atoms with E-state index in [1.165, 1.54) is 37.0 Å². The highest BCUT2D eigenvalue weighted by molar-refractivity contribution is 7.14. The van der Waals surface area contributed by atoms with E-state index in [0.29, 0.717) is 16.2 Å². The van der Waals surface area contributed by atoms with Gasteiger partial charge < -0.3 is 19.9 Å². The predicted molar refractivity (Wildman–Crippen MR) is 119 cm³/mol. The molecule has 0 atom stereocenters. The van der Waals surface area contributed by atoms with Gasteiger partial charge in [-0.25, -0.2) is 4.79 Å². The van der Waals surface area contributed by atoms with Gasteiger partial charge in [-0.05, 0) is 17.7 Å². The Hall–Kier alpha value is -2.45. The van der Waals surface area contributed by atoms with Crippen LogP contribution < -0.4 is 14.8 Å². The number of halogens is 3. The molecule has 0 unspecified atom stereocenters. The Morgan fingerprint density at radius 3 is 2.40 bits per heavy atom. The van der Waals surface area contributed by atoms with Crippen molar-refractivity contribution in [1.29, 1.82) is 0 Å². The molecule has 0 fully saturated rings. The molecule has 156 valence electrons. The molecule has 10 heteroatoms. The summed E-state index contributed by atoms with van der Waals surface area (Å²) in [4.78, 5) is 25.3. The lowest BCUT2D eigenvalue weighted by molar-refractivity contribution is 0.0699. The molecule has 2 aromatic carbocycles. The lowest BCUT2D eigenvalue weighted by atomic mass is 10.1. The number of anilines is 1. The zero-order chi connectivity index (χ0) is 22.0. The van der Waals surface area contributed by atoms with Gasteiger partial charge in [-0.1, -0.05) is 46.9 Å². The largest absolute Gasteiger partial charge is 0.497 e. The molecule has 0 saturated carbocycles. The normalized spacial score (nSPS) is 10.6. The number of benzene rings is 2. The van der Waals surface area contributed by atoms with Gasteiger partial charge in [-0.3, -0.25) is 4.79 Å². The van der Waals surface area contributed by atoms with Crippen molar-refractivity contribution in [3.63, 3.8) is 0 Å². The van der Waals surface area contributed by atoms with Crippen molar-refractivity contribution < 1.29 is 24.2 Å². The number of carbonyl (C=O) groups is 2. The predicted octanol–water partition coefficient (Wildman–Crippen LogP) is 6.34. The summed E-state index contributed by atoms with van der Waals surface area (Å²) in [5.74, 6) is -1.11. The van der Waals surface area contributed by atoms with Gasteiger partial charge in [-0.15, -0.1) is 11.3 Å². The van der Waals surface area contributed by atoms with Crippen molar-refractivity contribution in [3.05, 3.63) is 61.9 Å². The van der Waals surface area contributed by atoms with Crippen LogP contribution in [0.5, 0.6) is 11.5 Å². The molecule has 0 aliphatic carbocycles. The second-order valence-corrected chi connectivity index (χ2v) is 7.95. The van der Waals surface area contributed by atoms with Crippen molar-refractivity contribution in [2.24, 2.45) is 0 Å². The second-order valence-electron chi connectivity index (χ2n) is 5.91. The van der Waals surface area contributed by atoms with Crippen LogP contribution in [0.1, 0.15) is 20.7 Å². The van der Waals surface area contributed by atoms with Crippen LogP contribution in [-0.2, 0) is 0 Å². The number of ether oxygens (including phenoxy) is 2. The fourth-order valence-electron chi connectivity index (χ4n) is 2.75. The van der Waals surface area contributed by atoms with Gasteiger partial charge in [0.05, 0.1) is 40.4 Å². The summed E-state index contributed by atoms with van der Waals surface area (Å²) >= 11 is 19.6. The highest BCUT2D eigenvalue weighted by Gasteiger charge is 2.25. The minimum absolute atomic E-state index is 0.0128. The summed E-state index contributed by atoms with van der Waals surface area (Å²) in [6.45, 7) is 0. The standard InChI is InChI=1S/C20H14Cl3NO5S/c1-28-10-5-3-4-9(6-10)18-15(20(26)27)12(8-30-18)24-19(25)14-11(21)7-13(29-2)16(22)17(14)23/h3-8H,1-2H3,(H,24,25)(H,26,27). The number of carboxylic acid groups (broad SMARTS) is 1. The van der Waals surface area contributed by atoms with Gasteiger partial charge in [-0.2, -0.15) is 0 Å². The number of amides is 1. The number of rotatable bonds is 6. The summed E-state index contributed by atoms with van der Waals surface area (Å²) in [5.41, 5.74) is 0.596. The van der Waals surface area contributed by atoms with Crippen molar-refractivity contribution in [2.45, 2.75) is 0 Å². The first-order valence-electron chi connectivity index (χ1n) is 8.30. The highest BCUT2D eigenvalue weighted by Crippen LogP contribution is 2.41. The van der Waals surface area contributed by atoms with Crippen molar-refractivity contribution in [3.8, 4) is 21.9 Å². The highest BCUT2D eigenvalue weighted by atomic mass is 35.5. The fraction of sp³-hybridized carbons (Fsp3) is 0.100. The quantitative estimate of drug-likeness (QED) is 0.397. The fourth-order valence-corrected chi connectivity index (χ4v) is 4.58. The molecule has 0 aliphatic heterocycles. The lowest BCUT2D eigenvalue weighted by Gasteiger charge is -2.12. The Morgan fingerprint density at radius 2 is 1.77 bits per heavy atom. The van der Waals surface area contributed by atoms with Crippen LogP contribution in [0, 0.1) is 0 Å². The number of carboxylic acids is 1. The van der Waals surface area contributed by atoms with E-state index in [0.717, 1.165) is 0 Å². The molecule has 1 heterocycles. The molecule has 0 spiro atoms. The Bertz CT molecular complexity index is 1150. The molecule has 0 bridgehead atoms. The summed E-state index contributed by atoms with van der Waals surface area (Å²) in [6, 6.07) is 8.32. The first kappa shape index (κ1) is 22.2. The van der Waals surface area contributed by atoms with E-state index in [1.807, 2.05) is 0 Å². The number of nitrogens with one attached hydrogen (secondary N) is 1. The molecule has 1 aromatic heterocycles. The van der Waals surface area contributed by atoms with E-state index < -0.39 is 11.9 Å². The van der Waals surface area contributed by atoms with Crippen molar-refractivity contribution in [1.82, 2.24) is 0 Å². The average molecular weight is 487 g/mol. The van der Waals surface area contributed by atoms with E-state index in [1.54, 1.807) is 24.3 Å². The second kappa shape index (κ2) is 9.14. The molecule has 30 heavy (non-hydrogen) atoms. The molecular weight excluding hydrogens is 473 g/mol. The third-order valence-corrected chi connectivity index (χ3v) is 6.33. The van der Waals surface area contributed by atoms with E-state index in [9.17, 15) is 14.7 Å². The molecular formula is C20H14Cl3NO5S. The van der Waals surface area contributed by atoms with E-state index in [4.69, 9.17) is 44.3 Å². The zero-order valence-corrected chi connectivity index (χ0v) is 18.7. The molecule has 1 amide bonds. The zero-order valence-electron chi connectivity index (χ0n) is 15.6. The summed E-state index contributed by atoms with van der Waals surface area (Å²) < 4.78 is 10.3. The molecule has 6 nitrogen and oxygen atoms in total. The first-order chi connectivity index (χ1) is 14.3. The minimum Gasteiger partial charge on any atom is -0.497 e. The van der Waals surface area contributed by atoms with Crippen LogP contribution in [-0.4, -0.2) is 31.2 Å².